The summed E-state index contributed by atoms with van der Waals surface area (Å²) in [6.45, 7) is 8.66. The predicted octanol–water partition coefficient (Wildman–Crippen LogP) is 3.62. The molecule has 76 valence electrons. The molecular weight excluding hydrogens is 158 g/mol. The number of nitrogens with two attached hydrogens (primary N) is 1. The molecule has 0 aromatic heterocycles. The maximum absolute atomic E-state index is 5.58. The van der Waals surface area contributed by atoms with Gasteiger partial charge in [-0.2, -0.15) is 0 Å². The molecule has 0 aliphatic rings. The lowest BCUT2D eigenvalue weighted by Gasteiger charge is -2.09. The Morgan fingerprint density at radius 2 is 1.92 bits per heavy atom. The topological polar surface area (TPSA) is 26.0 Å². The van der Waals surface area contributed by atoms with E-state index in [-0.39, 0.29) is 0 Å². The molecule has 0 amide bonds. The quantitative estimate of drug-likeness (QED) is 0.644. The first-order chi connectivity index (χ1) is 6.10. The average Bonchev–Trinajstić information content (AvgIpc) is 2.11. The Bertz CT molecular complexity index is 185. The van der Waals surface area contributed by atoms with Gasteiger partial charge in [0.15, 0.2) is 0 Å². The standard InChI is InChI=1S/C12H23N/c1-5-10(3)9-12(6-2)8-7-11(4)13/h7-8,10H,5-6,9,13H2,1-4H3/b11-7-,12-8+. The van der Waals surface area contributed by atoms with Gasteiger partial charge in [0.2, 0.25) is 0 Å². The van der Waals surface area contributed by atoms with Crippen molar-refractivity contribution in [2.45, 2.75) is 47.0 Å². The van der Waals surface area contributed by atoms with Gasteiger partial charge in [-0.15, -0.1) is 0 Å². The Morgan fingerprint density at radius 1 is 1.31 bits per heavy atom. The fraction of sp³-hybridized carbons (Fsp3) is 0.667. The minimum absolute atomic E-state index is 0.790. The molecule has 0 rings (SSSR count). The van der Waals surface area contributed by atoms with Crippen LogP contribution in [0.2, 0.25) is 0 Å². The van der Waals surface area contributed by atoms with E-state index in [4.69, 9.17) is 5.73 Å². The third-order valence-corrected chi connectivity index (χ3v) is 2.34. The molecule has 0 aromatic rings. The molecule has 0 heterocycles. The van der Waals surface area contributed by atoms with Gasteiger partial charge in [-0.25, -0.2) is 0 Å². The third-order valence-electron chi connectivity index (χ3n) is 2.34. The van der Waals surface area contributed by atoms with Gasteiger partial charge >= 0.3 is 0 Å². The van der Waals surface area contributed by atoms with Crippen LogP contribution in [-0.4, -0.2) is 0 Å². The second kappa shape index (κ2) is 6.76. The van der Waals surface area contributed by atoms with Crippen molar-refractivity contribution in [1.82, 2.24) is 0 Å². The van der Waals surface area contributed by atoms with Gasteiger partial charge in [0.25, 0.3) is 0 Å². The molecule has 0 aliphatic heterocycles. The summed E-state index contributed by atoms with van der Waals surface area (Å²) in [5.41, 5.74) is 7.96. The summed E-state index contributed by atoms with van der Waals surface area (Å²) >= 11 is 0. The van der Waals surface area contributed by atoms with E-state index >= 15 is 0 Å². The van der Waals surface area contributed by atoms with Crippen molar-refractivity contribution in [2.24, 2.45) is 11.7 Å². The van der Waals surface area contributed by atoms with Crippen LogP contribution in [0.5, 0.6) is 0 Å². The zero-order valence-corrected chi connectivity index (χ0v) is 9.43. The fourth-order valence-corrected chi connectivity index (χ4v) is 1.17. The molecule has 1 atom stereocenters. The molecule has 13 heavy (non-hydrogen) atoms. The Kier molecular flexibility index (Phi) is 6.38. The van der Waals surface area contributed by atoms with Gasteiger partial charge in [-0.1, -0.05) is 38.8 Å². The maximum Gasteiger partial charge on any atom is 0.00488 e. The molecule has 0 aliphatic carbocycles. The van der Waals surface area contributed by atoms with Crippen molar-refractivity contribution in [3.63, 3.8) is 0 Å². The summed E-state index contributed by atoms with van der Waals surface area (Å²) in [7, 11) is 0. The minimum Gasteiger partial charge on any atom is -0.402 e. The molecule has 0 saturated carbocycles. The van der Waals surface area contributed by atoms with Crippen LogP contribution >= 0.6 is 0 Å². The summed E-state index contributed by atoms with van der Waals surface area (Å²) in [5, 5.41) is 0. The predicted molar refractivity (Wildman–Crippen MR) is 60.4 cm³/mol. The lowest BCUT2D eigenvalue weighted by Crippen LogP contribution is -1.95. The Labute approximate surface area is 82.7 Å². The average molecular weight is 181 g/mol. The molecular formula is C12H23N. The number of allylic oxidation sites excluding steroid dienone is 4. The van der Waals surface area contributed by atoms with Gasteiger partial charge in [0.05, 0.1) is 0 Å². The summed E-state index contributed by atoms with van der Waals surface area (Å²) in [6.07, 6.45) is 7.76. The van der Waals surface area contributed by atoms with Crippen molar-refractivity contribution in [1.29, 1.82) is 0 Å². The van der Waals surface area contributed by atoms with E-state index < -0.39 is 0 Å². The number of rotatable bonds is 5. The fourth-order valence-electron chi connectivity index (χ4n) is 1.17. The number of hydrogen-bond donors (Lipinski definition) is 1. The zero-order valence-electron chi connectivity index (χ0n) is 9.43. The van der Waals surface area contributed by atoms with Crippen molar-refractivity contribution in [3.8, 4) is 0 Å². The maximum atomic E-state index is 5.58. The van der Waals surface area contributed by atoms with Crippen LogP contribution in [0, 0.1) is 5.92 Å². The molecule has 0 fully saturated rings. The summed E-state index contributed by atoms with van der Waals surface area (Å²) in [4.78, 5) is 0. The first-order valence-electron chi connectivity index (χ1n) is 5.21. The van der Waals surface area contributed by atoms with Gasteiger partial charge in [-0.3, -0.25) is 0 Å². The van der Waals surface area contributed by atoms with Crippen LogP contribution < -0.4 is 5.73 Å². The van der Waals surface area contributed by atoms with Gasteiger partial charge in [0.1, 0.15) is 0 Å². The Balaban J connectivity index is 4.17. The second-order valence-electron chi connectivity index (χ2n) is 3.81. The van der Waals surface area contributed by atoms with E-state index in [9.17, 15) is 0 Å². The van der Waals surface area contributed by atoms with Gasteiger partial charge < -0.3 is 5.73 Å². The Morgan fingerprint density at radius 3 is 2.31 bits per heavy atom. The third kappa shape index (κ3) is 6.44. The molecule has 0 saturated heterocycles. The number of hydrogen-bond acceptors (Lipinski definition) is 1. The van der Waals surface area contributed by atoms with Crippen molar-refractivity contribution in [2.75, 3.05) is 0 Å². The molecule has 0 spiro atoms. The van der Waals surface area contributed by atoms with E-state index in [0.29, 0.717) is 0 Å². The monoisotopic (exact) mass is 181 g/mol. The largest absolute Gasteiger partial charge is 0.402 e. The molecule has 1 unspecified atom stereocenters. The highest BCUT2D eigenvalue weighted by Crippen LogP contribution is 2.17. The van der Waals surface area contributed by atoms with Crippen LogP contribution in [0.4, 0.5) is 0 Å². The smallest absolute Gasteiger partial charge is 0.00488 e. The highest BCUT2D eigenvalue weighted by molar-refractivity contribution is 5.15. The minimum atomic E-state index is 0.790. The lowest BCUT2D eigenvalue weighted by molar-refractivity contribution is 0.550. The SMILES string of the molecule is CC/C(=C\C=C(\C)N)CC(C)CC. The lowest BCUT2D eigenvalue weighted by atomic mass is 9.97. The molecule has 0 radical (unpaired) electrons. The highest BCUT2D eigenvalue weighted by Gasteiger charge is 2.00. The molecule has 1 nitrogen and oxygen atoms in total. The molecule has 2 N–H and O–H groups in total. The van der Waals surface area contributed by atoms with E-state index in [1.807, 2.05) is 13.0 Å². The summed E-state index contributed by atoms with van der Waals surface area (Å²) in [5.74, 6) is 0.790. The van der Waals surface area contributed by atoms with Gasteiger partial charge in [0, 0.05) is 5.70 Å². The van der Waals surface area contributed by atoms with E-state index in [2.05, 4.69) is 26.8 Å². The van der Waals surface area contributed by atoms with Crippen molar-refractivity contribution >= 4 is 0 Å². The zero-order chi connectivity index (χ0) is 10.3. The van der Waals surface area contributed by atoms with E-state index in [1.54, 1.807) is 0 Å². The molecule has 1 heteroatoms. The van der Waals surface area contributed by atoms with Crippen LogP contribution in [0.3, 0.4) is 0 Å². The molecule has 0 aromatic carbocycles. The first kappa shape index (κ1) is 12.3. The van der Waals surface area contributed by atoms with Gasteiger partial charge in [-0.05, 0) is 31.8 Å². The normalized spacial score (nSPS) is 16.0. The molecule has 0 bridgehead atoms. The summed E-state index contributed by atoms with van der Waals surface area (Å²) in [6, 6.07) is 0. The highest BCUT2D eigenvalue weighted by atomic mass is 14.5. The van der Waals surface area contributed by atoms with E-state index in [1.165, 1.54) is 18.4 Å². The second-order valence-corrected chi connectivity index (χ2v) is 3.81. The van der Waals surface area contributed by atoms with Crippen molar-refractivity contribution < 1.29 is 0 Å². The first-order valence-corrected chi connectivity index (χ1v) is 5.21. The summed E-state index contributed by atoms with van der Waals surface area (Å²) < 4.78 is 0. The van der Waals surface area contributed by atoms with Crippen LogP contribution in [0.15, 0.2) is 23.4 Å². The van der Waals surface area contributed by atoms with E-state index in [0.717, 1.165) is 18.0 Å². The van der Waals surface area contributed by atoms with Crippen LogP contribution in [0.1, 0.15) is 47.0 Å². The Hall–Kier alpha value is -0.720. The van der Waals surface area contributed by atoms with Crippen LogP contribution in [-0.2, 0) is 0 Å². The van der Waals surface area contributed by atoms with Crippen LogP contribution in [0.25, 0.3) is 0 Å². The van der Waals surface area contributed by atoms with Crippen molar-refractivity contribution in [3.05, 3.63) is 23.4 Å².